The molecule has 0 radical (unpaired) electrons. The minimum atomic E-state index is -0.754. The first-order valence-electron chi connectivity index (χ1n) is 6.64. The maximum atomic E-state index is 11.0. The maximum Gasteiger partial charge on any atom is 0.404 e. The molecule has 0 bridgehead atoms. The molecule has 1 rings (SSSR count). The van der Waals surface area contributed by atoms with E-state index in [1.165, 1.54) is 0 Å². The lowest BCUT2D eigenvalue weighted by atomic mass is 9.98. The standard InChI is InChI=1S/C15H23NO3/c1-4-5-9-13(19-15(16)17)14(18-3)12-8-6-7-11(2)10-12/h6-8,10,13-14H,4-5,9H2,1-3H3,(H2,16,17). The number of carbonyl (C=O) groups excluding carboxylic acids is 1. The average Bonchev–Trinajstić information content (AvgIpc) is 2.36. The molecule has 0 fully saturated rings. The Labute approximate surface area is 114 Å². The highest BCUT2D eigenvalue weighted by molar-refractivity contribution is 5.64. The van der Waals surface area contributed by atoms with Crippen LogP contribution in [0.3, 0.4) is 0 Å². The molecule has 1 aromatic rings. The predicted molar refractivity (Wildman–Crippen MR) is 74.9 cm³/mol. The number of methoxy groups -OCH3 is 1. The lowest BCUT2D eigenvalue weighted by Crippen LogP contribution is -2.29. The molecule has 0 saturated heterocycles. The van der Waals surface area contributed by atoms with Gasteiger partial charge in [-0.15, -0.1) is 0 Å². The van der Waals surface area contributed by atoms with Gasteiger partial charge >= 0.3 is 6.09 Å². The van der Waals surface area contributed by atoms with E-state index in [4.69, 9.17) is 15.2 Å². The lowest BCUT2D eigenvalue weighted by molar-refractivity contribution is -0.0257. The highest BCUT2D eigenvalue weighted by Gasteiger charge is 2.25. The Bertz CT molecular complexity index is 406. The van der Waals surface area contributed by atoms with Crippen molar-refractivity contribution in [1.29, 1.82) is 0 Å². The minimum absolute atomic E-state index is 0.279. The third-order valence-electron chi connectivity index (χ3n) is 3.07. The molecule has 106 valence electrons. The molecule has 0 spiro atoms. The summed E-state index contributed by atoms with van der Waals surface area (Å²) in [5.74, 6) is 0. The number of unbranched alkanes of at least 4 members (excludes halogenated alkanes) is 1. The van der Waals surface area contributed by atoms with Gasteiger partial charge < -0.3 is 15.2 Å². The minimum Gasteiger partial charge on any atom is -0.443 e. The summed E-state index contributed by atoms with van der Waals surface area (Å²) in [4.78, 5) is 11.0. The number of hydrogen-bond donors (Lipinski definition) is 1. The first kappa shape index (κ1) is 15.5. The number of hydrogen-bond acceptors (Lipinski definition) is 3. The fraction of sp³-hybridized carbons (Fsp3) is 0.533. The molecule has 0 aliphatic carbocycles. The third-order valence-corrected chi connectivity index (χ3v) is 3.07. The summed E-state index contributed by atoms with van der Waals surface area (Å²) < 4.78 is 10.7. The van der Waals surface area contributed by atoms with Crippen molar-refractivity contribution >= 4 is 6.09 Å². The van der Waals surface area contributed by atoms with Gasteiger partial charge in [0.2, 0.25) is 0 Å². The molecule has 0 aromatic heterocycles. The van der Waals surface area contributed by atoms with Crippen molar-refractivity contribution in [2.45, 2.75) is 45.3 Å². The maximum absolute atomic E-state index is 11.0. The Morgan fingerprint density at radius 1 is 1.42 bits per heavy atom. The lowest BCUT2D eigenvalue weighted by Gasteiger charge is -2.26. The smallest absolute Gasteiger partial charge is 0.404 e. The first-order valence-corrected chi connectivity index (χ1v) is 6.64. The van der Waals surface area contributed by atoms with Crippen LogP contribution in [0.25, 0.3) is 0 Å². The molecule has 0 aliphatic rings. The second-order valence-electron chi connectivity index (χ2n) is 4.69. The summed E-state index contributed by atoms with van der Waals surface area (Å²) in [5, 5.41) is 0. The van der Waals surface area contributed by atoms with Gasteiger partial charge in [0, 0.05) is 7.11 Å². The molecule has 1 amide bonds. The molecule has 2 atom stereocenters. The number of aryl methyl sites for hydroxylation is 1. The van der Waals surface area contributed by atoms with Crippen molar-refractivity contribution in [3.63, 3.8) is 0 Å². The van der Waals surface area contributed by atoms with E-state index >= 15 is 0 Å². The second-order valence-corrected chi connectivity index (χ2v) is 4.69. The molecule has 1 aromatic carbocycles. The van der Waals surface area contributed by atoms with Gasteiger partial charge in [-0.1, -0.05) is 43.2 Å². The topological polar surface area (TPSA) is 61.5 Å². The van der Waals surface area contributed by atoms with Crippen LogP contribution >= 0.6 is 0 Å². The summed E-state index contributed by atoms with van der Waals surface area (Å²) in [5.41, 5.74) is 7.30. The number of nitrogens with two attached hydrogens (primary N) is 1. The summed E-state index contributed by atoms with van der Waals surface area (Å²) in [7, 11) is 1.62. The zero-order chi connectivity index (χ0) is 14.3. The Hall–Kier alpha value is -1.55. The van der Waals surface area contributed by atoms with Crippen LogP contribution in [0.2, 0.25) is 0 Å². The van der Waals surface area contributed by atoms with Crippen molar-refractivity contribution in [3.05, 3.63) is 35.4 Å². The highest BCUT2D eigenvalue weighted by Crippen LogP contribution is 2.27. The largest absolute Gasteiger partial charge is 0.443 e. The molecule has 2 N–H and O–H groups in total. The SMILES string of the molecule is CCCCC(OC(N)=O)C(OC)c1cccc(C)c1. The Morgan fingerprint density at radius 2 is 2.16 bits per heavy atom. The second kappa shape index (κ2) is 7.79. The van der Waals surface area contributed by atoms with E-state index in [1.807, 2.05) is 31.2 Å². The average molecular weight is 265 g/mol. The quantitative estimate of drug-likeness (QED) is 0.822. The van der Waals surface area contributed by atoms with Gasteiger partial charge in [0.15, 0.2) is 0 Å². The van der Waals surface area contributed by atoms with Gasteiger partial charge in [-0.2, -0.15) is 0 Å². The van der Waals surface area contributed by atoms with Crippen molar-refractivity contribution in [3.8, 4) is 0 Å². The normalized spacial score (nSPS) is 13.8. The van der Waals surface area contributed by atoms with E-state index in [1.54, 1.807) is 7.11 Å². The number of benzene rings is 1. The number of rotatable bonds is 7. The number of ether oxygens (including phenoxy) is 2. The molecule has 19 heavy (non-hydrogen) atoms. The van der Waals surface area contributed by atoms with E-state index in [0.29, 0.717) is 0 Å². The van der Waals surface area contributed by atoms with Gasteiger partial charge in [-0.25, -0.2) is 4.79 Å². The van der Waals surface area contributed by atoms with Crippen molar-refractivity contribution in [2.75, 3.05) is 7.11 Å². The highest BCUT2D eigenvalue weighted by atomic mass is 16.6. The summed E-state index contributed by atoms with van der Waals surface area (Å²) in [6, 6.07) is 8.01. The van der Waals surface area contributed by atoms with Crippen molar-refractivity contribution < 1.29 is 14.3 Å². The van der Waals surface area contributed by atoms with Gasteiger partial charge in [-0.3, -0.25) is 0 Å². The van der Waals surface area contributed by atoms with Gasteiger partial charge in [0.25, 0.3) is 0 Å². The Morgan fingerprint density at radius 3 is 2.68 bits per heavy atom. The van der Waals surface area contributed by atoms with Gasteiger partial charge in [0.1, 0.15) is 12.2 Å². The zero-order valence-electron chi connectivity index (χ0n) is 11.9. The van der Waals surface area contributed by atoms with Crippen LogP contribution in [0.5, 0.6) is 0 Å². The summed E-state index contributed by atoms with van der Waals surface area (Å²) in [6.45, 7) is 4.11. The van der Waals surface area contributed by atoms with E-state index in [9.17, 15) is 4.79 Å². The molecule has 2 unspecified atom stereocenters. The van der Waals surface area contributed by atoms with Crippen molar-refractivity contribution in [2.24, 2.45) is 5.73 Å². The fourth-order valence-electron chi connectivity index (χ4n) is 2.18. The van der Waals surface area contributed by atoms with Gasteiger partial charge in [-0.05, 0) is 25.3 Å². The van der Waals surface area contributed by atoms with Crippen molar-refractivity contribution in [1.82, 2.24) is 0 Å². The van der Waals surface area contributed by atoms with Crippen LogP contribution in [0.15, 0.2) is 24.3 Å². The van der Waals surface area contributed by atoms with Crippen LogP contribution < -0.4 is 5.73 Å². The van der Waals surface area contributed by atoms with Crippen LogP contribution in [0.1, 0.15) is 43.4 Å². The van der Waals surface area contributed by atoms with Crippen LogP contribution in [-0.2, 0) is 9.47 Å². The van der Waals surface area contributed by atoms with Crippen LogP contribution in [0.4, 0.5) is 4.79 Å². The Balaban J connectivity index is 2.90. The molecule has 0 aliphatic heterocycles. The van der Waals surface area contributed by atoms with Crippen LogP contribution in [0, 0.1) is 6.92 Å². The van der Waals surface area contributed by atoms with E-state index in [-0.39, 0.29) is 12.2 Å². The van der Waals surface area contributed by atoms with E-state index in [0.717, 1.165) is 30.4 Å². The number of carbonyl (C=O) groups is 1. The number of amides is 1. The van der Waals surface area contributed by atoms with Crippen LogP contribution in [-0.4, -0.2) is 19.3 Å². The van der Waals surface area contributed by atoms with E-state index < -0.39 is 6.09 Å². The number of primary amides is 1. The molecule has 0 saturated carbocycles. The Kier molecular flexibility index (Phi) is 6.36. The monoisotopic (exact) mass is 265 g/mol. The predicted octanol–water partition coefficient (Wildman–Crippen LogP) is 3.34. The molecular formula is C15H23NO3. The fourth-order valence-corrected chi connectivity index (χ4v) is 2.18. The first-order chi connectivity index (χ1) is 9.08. The van der Waals surface area contributed by atoms with Gasteiger partial charge in [0.05, 0.1) is 0 Å². The molecule has 4 heteroatoms. The molecule has 0 heterocycles. The summed E-state index contributed by atoms with van der Waals surface area (Å²) in [6.07, 6.45) is 1.36. The third kappa shape index (κ3) is 4.91. The zero-order valence-corrected chi connectivity index (χ0v) is 11.9. The molecule has 4 nitrogen and oxygen atoms in total. The molecular weight excluding hydrogens is 242 g/mol. The van der Waals surface area contributed by atoms with E-state index in [2.05, 4.69) is 6.92 Å². The summed E-state index contributed by atoms with van der Waals surface area (Å²) >= 11 is 0.